The van der Waals surface area contributed by atoms with Crippen LogP contribution in [0.25, 0.3) is 0 Å². The van der Waals surface area contributed by atoms with E-state index in [1.165, 1.54) is 0 Å². The highest BCUT2D eigenvalue weighted by atomic mass is 27.0. The molecule has 0 atom stereocenters. The van der Waals surface area contributed by atoms with Gasteiger partial charge in [0.1, 0.15) is 16.3 Å². The molecule has 6 heavy (non-hydrogen) atoms. The Hall–Kier alpha value is 0.452. The lowest BCUT2D eigenvalue weighted by Crippen LogP contribution is -1.25. The molecule has 2 radical (unpaired) electrons. The largest absolute Gasteiger partial charge is 0.400 e. The third-order valence-corrected chi connectivity index (χ3v) is 0. The fourth-order valence-corrected chi connectivity index (χ4v) is 0. The lowest BCUT2D eigenvalue weighted by Gasteiger charge is -1.21. The molecule has 38 valence electrons. The molecular formula is C3H11AlO2. The van der Waals surface area contributed by atoms with Crippen molar-refractivity contribution in [2.75, 3.05) is 14.2 Å². The topological polar surface area (TPSA) is 40.5 Å². The zero-order chi connectivity index (χ0) is 6.00. The highest BCUT2D eigenvalue weighted by Crippen LogP contribution is 0.960. The summed E-state index contributed by atoms with van der Waals surface area (Å²) in [5, 5.41) is 14.0. The molecule has 0 bridgehead atoms. The second-order valence-corrected chi connectivity index (χ2v) is 0. The summed E-state index contributed by atoms with van der Waals surface area (Å²) in [6.45, 7) is 0. The number of aliphatic hydroxyl groups excluding tert-OH is 2. The molecule has 0 aromatic carbocycles. The van der Waals surface area contributed by atoms with Crippen LogP contribution in [0.2, 0.25) is 5.79 Å². The minimum Gasteiger partial charge on any atom is -0.400 e. The second-order valence-electron chi connectivity index (χ2n) is 0. The van der Waals surface area contributed by atoms with E-state index in [4.69, 9.17) is 10.2 Å². The Morgan fingerprint density at radius 3 is 0.833 bits per heavy atom. The molecule has 3 heteroatoms. The Balaban J connectivity index is -0.0000000225. The highest BCUT2D eigenvalue weighted by molar-refractivity contribution is 6.05. The number of hydrogen-bond acceptors (Lipinski definition) is 2. The SMILES string of the molecule is CO.CO.[CH3][Al]. The monoisotopic (exact) mass is 106 g/mol. The molecule has 0 saturated heterocycles. The van der Waals surface area contributed by atoms with Crippen molar-refractivity contribution < 1.29 is 10.2 Å². The summed E-state index contributed by atoms with van der Waals surface area (Å²) < 4.78 is 0. The average Bonchev–Trinajstić information content (AvgIpc) is 1.81. The summed E-state index contributed by atoms with van der Waals surface area (Å²) in [5.41, 5.74) is 0. The van der Waals surface area contributed by atoms with E-state index in [-0.39, 0.29) is 0 Å². The van der Waals surface area contributed by atoms with Gasteiger partial charge in [-0.2, -0.15) is 0 Å². The van der Waals surface area contributed by atoms with Gasteiger partial charge in [-0.3, -0.25) is 0 Å². The maximum atomic E-state index is 7.00. The van der Waals surface area contributed by atoms with Gasteiger partial charge in [0.2, 0.25) is 0 Å². The van der Waals surface area contributed by atoms with Crippen molar-refractivity contribution in [3.63, 3.8) is 0 Å². The minimum atomic E-state index is 1.00. The van der Waals surface area contributed by atoms with Gasteiger partial charge in [-0.05, 0) is 0 Å². The van der Waals surface area contributed by atoms with Crippen molar-refractivity contribution in [1.82, 2.24) is 0 Å². The van der Waals surface area contributed by atoms with Gasteiger partial charge in [-0.25, -0.2) is 0 Å². The van der Waals surface area contributed by atoms with Crippen molar-refractivity contribution in [2.45, 2.75) is 5.79 Å². The van der Waals surface area contributed by atoms with Crippen molar-refractivity contribution in [3.8, 4) is 0 Å². The van der Waals surface area contributed by atoms with Crippen molar-refractivity contribution in [2.24, 2.45) is 0 Å². The number of rotatable bonds is 0. The average molecular weight is 106 g/mol. The molecule has 0 aliphatic carbocycles. The molecule has 0 fully saturated rings. The lowest BCUT2D eigenvalue weighted by molar-refractivity contribution is 0.399. The van der Waals surface area contributed by atoms with Crippen LogP contribution in [-0.4, -0.2) is 40.7 Å². The minimum absolute atomic E-state index is 1.00. The Morgan fingerprint density at radius 2 is 0.833 bits per heavy atom. The van der Waals surface area contributed by atoms with Gasteiger partial charge in [-0.1, -0.05) is 0 Å². The van der Waals surface area contributed by atoms with Gasteiger partial charge in [0.05, 0.1) is 0 Å². The summed E-state index contributed by atoms with van der Waals surface area (Å²) in [4.78, 5) is 0. The number of hydrogen-bond donors (Lipinski definition) is 2. The summed E-state index contributed by atoms with van der Waals surface area (Å²) in [6.07, 6.45) is 0. The molecule has 0 aromatic rings. The van der Waals surface area contributed by atoms with Crippen LogP contribution >= 0.6 is 0 Å². The molecular weight excluding hydrogens is 95.0 g/mol. The smallest absolute Gasteiger partial charge is 0.112 e. The Morgan fingerprint density at radius 1 is 0.833 bits per heavy atom. The fourth-order valence-electron chi connectivity index (χ4n) is 0. The van der Waals surface area contributed by atoms with E-state index in [0.717, 1.165) is 14.2 Å². The van der Waals surface area contributed by atoms with Gasteiger partial charge in [0.15, 0.2) is 0 Å². The van der Waals surface area contributed by atoms with E-state index in [0.29, 0.717) is 0 Å². The van der Waals surface area contributed by atoms with E-state index < -0.39 is 0 Å². The maximum Gasteiger partial charge on any atom is 0.112 e. The van der Waals surface area contributed by atoms with Gasteiger partial charge in [-0.15, -0.1) is 5.79 Å². The molecule has 0 saturated carbocycles. The highest BCUT2D eigenvalue weighted by Gasteiger charge is 0.999. The first-order chi connectivity index (χ1) is 3.00. The van der Waals surface area contributed by atoms with Crippen LogP contribution in [0.3, 0.4) is 0 Å². The fraction of sp³-hybridized carbons (Fsp3) is 1.00. The zero-order valence-corrected chi connectivity index (χ0v) is 5.63. The first-order valence-electron chi connectivity index (χ1n) is 1.47. The zero-order valence-electron chi connectivity index (χ0n) is 4.47. The summed E-state index contributed by atoms with van der Waals surface area (Å²) in [6, 6.07) is 0. The van der Waals surface area contributed by atoms with Crippen LogP contribution in [0.5, 0.6) is 0 Å². The van der Waals surface area contributed by atoms with Crippen molar-refractivity contribution in [1.29, 1.82) is 0 Å². The third-order valence-electron chi connectivity index (χ3n) is 0. The first kappa shape index (κ1) is 16.1. The molecule has 0 amide bonds. The van der Waals surface area contributed by atoms with Crippen LogP contribution in [0, 0.1) is 0 Å². The van der Waals surface area contributed by atoms with Crippen molar-refractivity contribution in [3.05, 3.63) is 0 Å². The van der Waals surface area contributed by atoms with E-state index in [1.54, 1.807) is 0 Å². The van der Waals surface area contributed by atoms with Crippen molar-refractivity contribution >= 4 is 16.3 Å². The van der Waals surface area contributed by atoms with Crippen LogP contribution in [0.1, 0.15) is 0 Å². The maximum absolute atomic E-state index is 7.00. The Bertz CT molecular complexity index is 8.75. The normalized spacial score (nSPS) is 2.83. The van der Waals surface area contributed by atoms with E-state index in [9.17, 15) is 0 Å². The van der Waals surface area contributed by atoms with E-state index in [2.05, 4.69) is 16.3 Å². The molecule has 0 heterocycles. The van der Waals surface area contributed by atoms with E-state index in [1.807, 2.05) is 5.79 Å². The first-order valence-corrected chi connectivity index (χ1v) is 2.63. The number of aliphatic hydroxyl groups is 2. The summed E-state index contributed by atoms with van der Waals surface area (Å²) in [7, 11) is 2.00. The quantitative estimate of drug-likeness (QED) is 0.405. The Kier molecular flexibility index (Phi) is 1420. The van der Waals surface area contributed by atoms with Crippen LogP contribution in [-0.2, 0) is 0 Å². The van der Waals surface area contributed by atoms with Crippen LogP contribution < -0.4 is 0 Å². The van der Waals surface area contributed by atoms with Gasteiger partial charge in [0.25, 0.3) is 0 Å². The Labute approximate surface area is 47.2 Å². The summed E-state index contributed by atoms with van der Waals surface area (Å²) >= 11 is 2.42. The second kappa shape index (κ2) is 528. The lowest BCUT2D eigenvalue weighted by atomic mass is 11.8. The van der Waals surface area contributed by atoms with Gasteiger partial charge < -0.3 is 10.2 Å². The summed E-state index contributed by atoms with van der Waals surface area (Å²) in [5.74, 6) is 1.92. The molecule has 0 spiro atoms. The van der Waals surface area contributed by atoms with Gasteiger partial charge in [0, 0.05) is 14.2 Å². The van der Waals surface area contributed by atoms with Crippen LogP contribution in [0.15, 0.2) is 0 Å². The predicted octanol–water partition coefficient (Wildman–Crippen LogP) is -0.580. The molecule has 0 unspecified atom stereocenters. The molecule has 2 N–H and O–H groups in total. The standard InChI is InChI=1S/2CH4O.CH3.Al/c2*1-2;;/h2*2H,1H3;1H3;. The molecule has 0 aromatic heterocycles. The predicted molar refractivity (Wildman–Crippen MR) is 27.9 cm³/mol. The molecule has 0 aliphatic rings. The molecule has 0 rings (SSSR count). The molecule has 2 nitrogen and oxygen atoms in total. The molecule has 0 aliphatic heterocycles. The third kappa shape index (κ3) is 259. The van der Waals surface area contributed by atoms with Crippen LogP contribution in [0.4, 0.5) is 0 Å². The van der Waals surface area contributed by atoms with E-state index >= 15 is 0 Å². The van der Waals surface area contributed by atoms with Gasteiger partial charge >= 0.3 is 0 Å².